The molecule has 0 heteroatoms. The van der Waals surface area contributed by atoms with Crippen LogP contribution in [0.15, 0.2) is 0 Å². The SMILES string of the molecule is C.CC.CC.CC.CC.CC1CC(C(C)C)C1.CC1CCC(C(C)C)C1.CC1CCC(C(C)C)CC1.CC1CCCC(C(C)C)C1. The first-order valence-electron chi connectivity index (χ1n) is 21.3. The maximum atomic E-state index is 2.40. The molecule has 0 nitrogen and oxygen atoms in total. The second-order valence-corrected chi connectivity index (χ2v) is 16.0. The van der Waals surface area contributed by atoms with Gasteiger partial charge in [-0.25, -0.2) is 0 Å². The molecule has 0 bridgehead atoms. The van der Waals surface area contributed by atoms with Crippen molar-refractivity contribution < 1.29 is 0 Å². The minimum Gasteiger partial charge on any atom is -0.0776 e. The van der Waals surface area contributed by atoms with E-state index in [0.29, 0.717) is 0 Å². The lowest BCUT2D eigenvalue weighted by molar-refractivity contribution is 0.156. The first-order chi connectivity index (χ1) is 21.3. The van der Waals surface area contributed by atoms with Crippen molar-refractivity contribution in [1.29, 1.82) is 0 Å². The molecule has 0 aromatic carbocycles. The highest BCUT2D eigenvalue weighted by Gasteiger charge is 2.27. The number of rotatable bonds is 4. The van der Waals surface area contributed by atoms with Gasteiger partial charge < -0.3 is 0 Å². The summed E-state index contributed by atoms with van der Waals surface area (Å²) in [7, 11) is 0. The highest BCUT2D eigenvalue weighted by Crippen LogP contribution is 2.38. The van der Waals surface area contributed by atoms with Gasteiger partial charge in [-0.3, -0.25) is 0 Å². The lowest BCUT2D eigenvalue weighted by Crippen LogP contribution is -2.25. The predicted molar refractivity (Wildman–Crippen MR) is 222 cm³/mol. The Morgan fingerprint density at radius 2 is 0.587 bits per heavy atom. The Balaban J connectivity index is -0.000000150. The van der Waals surface area contributed by atoms with Crippen molar-refractivity contribution in [2.45, 2.75) is 229 Å². The summed E-state index contributed by atoms with van der Waals surface area (Å²) >= 11 is 0. The van der Waals surface area contributed by atoms with Crippen LogP contribution in [0.5, 0.6) is 0 Å². The molecule has 0 saturated heterocycles. The molecule has 4 fully saturated rings. The maximum Gasteiger partial charge on any atom is -0.0386 e. The molecular weight excluding hydrogens is 553 g/mol. The summed E-state index contributed by atoms with van der Waals surface area (Å²) in [5.41, 5.74) is 0. The van der Waals surface area contributed by atoms with Gasteiger partial charge >= 0.3 is 0 Å². The van der Waals surface area contributed by atoms with Gasteiger partial charge in [-0.15, -0.1) is 0 Å². The Kier molecular flexibility index (Phi) is 43.7. The quantitative estimate of drug-likeness (QED) is 0.283. The molecule has 4 aliphatic rings. The van der Waals surface area contributed by atoms with Gasteiger partial charge in [-0.2, -0.15) is 0 Å². The fraction of sp³-hybridized carbons (Fsp3) is 1.00. The van der Waals surface area contributed by atoms with Gasteiger partial charge in [0.25, 0.3) is 0 Å². The van der Waals surface area contributed by atoms with Crippen LogP contribution in [0, 0.1) is 71.0 Å². The Morgan fingerprint density at radius 1 is 0.304 bits per heavy atom. The summed E-state index contributed by atoms with van der Waals surface area (Å²) in [5.74, 6) is 11.9. The molecule has 0 N–H and O–H groups in total. The van der Waals surface area contributed by atoms with Gasteiger partial charge in [0.1, 0.15) is 0 Å². The van der Waals surface area contributed by atoms with Gasteiger partial charge in [0.05, 0.1) is 0 Å². The van der Waals surface area contributed by atoms with E-state index in [1.54, 1.807) is 0 Å². The highest BCUT2D eigenvalue weighted by atomic mass is 14.3. The summed E-state index contributed by atoms with van der Waals surface area (Å²) in [4.78, 5) is 0. The molecule has 0 aromatic rings. The molecule has 0 aliphatic heterocycles. The zero-order valence-corrected chi connectivity index (χ0v) is 36.1. The van der Waals surface area contributed by atoms with Crippen LogP contribution in [0.3, 0.4) is 0 Å². The smallest absolute Gasteiger partial charge is 0.0386 e. The van der Waals surface area contributed by atoms with Crippen molar-refractivity contribution in [2.24, 2.45) is 71.0 Å². The first-order valence-corrected chi connectivity index (χ1v) is 21.3. The van der Waals surface area contributed by atoms with Crippen LogP contribution in [0.25, 0.3) is 0 Å². The first kappa shape index (κ1) is 55.4. The molecule has 4 aliphatic carbocycles. The zero-order valence-electron chi connectivity index (χ0n) is 36.1. The third kappa shape index (κ3) is 29.0. The zero-order chi connectivity index (χ0) is 36.1. The van der Waals surface area contributed by atoms with Crippen molar-refractivity contribution >= 4 is 0 Å². The average molecular weight is 655 g/mol. The van der Waals surface area contributed by atoms with Gasteiger partial charge in [0.15, 0.2) is 0 Å². The fourth-order valence-corrected chi connectivity index (χ4v) is 7.40. The molecule has 4 saturated carbocycles. The van der Waals surface area contributed by atoms with E-state index in [4.69, 9.17) is 0 Å². The van der Waals surface area contributed by atoms with Crippen LogP contribution in [0.4, 0.5) is 0 Å². The Labute approximate surface area is 299 Å². The van der Waals surface area contributed by atoms with Gasteiger partial charge in [-0.05, 0) is 116 Å². The standard InChI is InChI=1S/2C10H20.C9H18.C8H16.4C2H6.CH4/c1-8(2)10-6-4-9(3)5-7-10;1-8(2)10-6-4-5-9(3)7-10;1-7(2)9-5-4-8(3)6-9;1-6(2)8-4-7(3)5-8;4*1-2;/h2*8-10H,4-7H2,1-3H3;7-9H,4-6H2,1-3H3;6-8H,4-5H2,1-3H3;4*1-2H3;1H4. The van der Waals surface area contributed by atoms with Crippen molar-refractivity contribution in [1.82, 2.24) is 0 Å². The van der Waals surface area contributed by atoms with Crippen molar-refractivity contribution in [2.75, 3.05) is 0 Å². The van der Waals surface area contributed by atoms with Gasteiger partial charge in [0.2, 0.25) is 0 Å². The van der Waals surface area contributed by atoms with Crippen molar-refractivity contribution in [3.63, 3.8) is 0 Å². The molecule has 0 heterocycles. The molecule has 0 amide bonds. The molecular formula is C46H102. The number of hydrogen-bond acceptors (Lipinski definition) is 0. The van der Waals surface area contributed by atoms with Crippen LogP contribution in [0.1, 0.15) is 229 Å². The molecule has 286 valence electrons. The minimum absolute atomic E-state index is 0. The van der Waals surface area contributed by atoms with E-state index in [0.717, 1.165) is 71.0 Å². The molecule has 0 radical (unpaired) electrons. The summed E-state index contributed by atoms with van der Waals surface area (Å²) < 4.78 is 0. The third-order valence-corrected chi connectivity index (χ3v) is 11.0. The Morgan fingerprint density at radius 3 is 0.826 bits per heavy atom. The van der Waals surface area contributed by atoms with Crippen LogP contribution in [0.2, 0.25) is 0 Å². The second kappa shape index (κ2) is 36.3. The maximum absolute atomic E-state index is 2.40. The Bertz CT molecular complexity index is 528. The van der Waals surface area contributed by atoms with Crippen LogP contribution in [-0.2, 0) is 0 Å². The molecule has 4 unspecified atom stereocenters. The minimum atomic E-state index is 0. The van der Waals surface area contributed by atoms with E-state index < -0.39 is 0 Å². The molecule has 0 aromatic heterocycles. The van der Waals surface area contributed by atoms with Crippen LogP contribution >= 0.6 is 0 Å². The van der Waals surface area contributed by atoms with E-state index in [2.05, 4.69) is 83.1 Å². The Hall–Kier alpha value is 0. The topological polar surface area (TPSA) is 0 Å². The van der Waals surface area contributed by atoms with Crippen LogP contribution in [-0.4, -0.2) is 0 Å². The summed E-state index contributed by atoms with van der Waals surface area (Å²) in [6.07, 6.45) is 19.3. The van der Waals surface area contributed by atoms with Gasteiger partial charge in [0, 0.05) is 0 Å². The van der Waals surface area contributed by atoms with E-state index in [1.165, 1.54) is 83.5 Å². The fourth-order valence-electron chi connectivity index (χ4n) is 7.40. The summed E-state index contributed by atoms with van der Waals surface area (Å²) in [6.45, 7) is 44.3. The van der Waals surface area contributed by atoms with E-state index in [9.17, 15) is 0 Å². The molecule has 4 rings (SSSR count). The highest BCUT2D eigenvalue weighted by molar-refractivity contribution is 4.78. The average Bonchev–Trinajstić information content (AvgIpc) is 3.47. The predicted octanol–water partition coefficient (Wildman–Crippen LogP) is 17.4. The molecule has 0 spiro atoms. The molecule has 46 heavy (non-hydrogen) atoms. The largest absolute Gasteiger partial charge is 0.0776 e. The number of hydrogen-bond donors (Lipinski definition) is 0. The molecule has 4 atom stereocenters. The monoisotopic (exact) mass is 655 g/mol. The summed E-state index contributed by atoms with van der Waals surface area (Å²) in [6, 6.07) is 0. The lowest BCUT2D eigenvalue weighted by atomic mass is 9.71. The normalized spacial score (nSPS) is 29.2. The van der Waals surface area contributed by atoms with Crippen LogP contribution < -0.4 is 0 Å². The van der Waals surface area contributed by atoms with E-state index in [-0.39, 0.29) is 7.43 Å². The lowest BCUT2D eigenvalue weighted by Gasteiger charge is -2.35. The second-order valence-electron chi connectivity index (χ2n) is 16.0. The summed E-state index contributed by atoms with van der Waals surface area (Å²) in [5, 5.41) is 0. The van der Waals surface area contributed by atoms with E-state index >= 15 is 0 Å². The van der Waals surface area contributed by atoms with Gasteiger partial charge in [-0.1, -0.05) is 184 Å². The van der Waals surface area contributed by atoms with Crippen molar-refractivity contribution in [3.8, 4) is 0 Å². The van der Waals surface area contributed by atoms with Crippen molar-refractivity contribution in [3.05, 3.63) is 0 Å². The third-order valence-electron chi connectivity index (χ3n) is 11.0. The van der Waals surface area contributed by atoms with E-state index in [1.807, 2.05) is 55.4 Å².